The Morgan fingerprint density at radius 2 is 1.97 bits per heavy atom. The molecule has 1 N–H and O–H groups in total. The predicted molar refractivity (Wildman–Crippen MR) is 115 cm³/mol. The lowest BCUT2D eigenvalue weighted by Gasteiger charge is -2.34. The number of piperidine rings is 1. The van der Waals surface area contributed by atoms with E-state index in [1.807, 2.05) is 42.5 Å². The maximum Gasteiger partial charge on any atom is 0.251 e. The molecule has 2 aromatic rings. The Balaban J connectivity index is 1.27. The normalized spacial score (nSPS) is 19.3. The Morgan fingerprint density at radius 1 is 1.17 bits per heavy atom. The molecule has 2 saturated heterocycles. The Bertz CT molecular complexity index is 893. The Morgan fingerprint density at radius 3 is 2.67 bits per heavy atom. The predicted octanol–water partition coefficient (Wildman–Crippen LogP) is 3.51. The second kappa shape index (κ2) is 9.64. The highest BCUT2D eigenvalue weighted by atomic mass is 16.5. The van der Waals surface area contributed by atoms with Gasteiger partial charge in [0.1, 0.15) is 12.4 Å². The summed E-state index contributed by atoms with van der Waals surface area (Å²) in [5.41, 5.74) is 2.41. The third kappa shape index (κ3) is 5.11. The van der Waals surface area contributed by atoms with Crippen molar-refractivity contribution >= 4 is 11.6 Å². The molecule has 0 bridgehead atoms. The van der Waals surface area contributed by atoms with Crippen molar-refractivity contribution in [3.63, 3.8) is 0 Å². The van der Waals surface area contributed by atoms with Gasteiger partial charge in [-0.25, -0.2) is 0 Å². The van der Waals surface area contributed by atoms with Crippen LogP contribution >= 0.6 is 0 Å². The number of nitrogens with zero attached hydrogens (tertiary/aromatic N) is 2. The van der Waals surface area contributed by atoms with Crippen molar-refractivity contribution in [2.75, 3.05) is 31.2 Å². The van der Waals surface area contributed by atoms with Gasteiger partial charge in [0.15, 0.2) is 0 Å². The molecule has 2 heterocycles. The quantitative estimate of drug-likeness (QED) is 0.796. The van der Waals surface area contributed by atoms with Crippen LogP contribution in [0.15, 0.2) is 48.5 Å². The minimum absolute atomic E-state index is 0.0608. The number of carbonyl (C=O) groups excluding carboxylic acids is 1. The van der Waals surface area contributed by atoms with Crippen molar-refractivity contribution in [2.45, 2.75) is 37.8 Å². The Labute approximate surface area is 177 Å². The van der Waals surface area contributed by atoms with E-state index in [2.05, 4.69) is 16.3 Å². The van der Waals surface area contributed by atoms with E-state index in [0.717, 1.165) is 51.1 Å². The van der Waals surface area contributed by atoms with Crippen molar-refractivity contribution in [3.8, 4) is 11.8 Å². The van der Waals surface area contributed by atoms with Gasteiger partial charge in [-0.15, -0.1) is 0 Å². The first-order valence-electron chi connectivity index (χ1n) is 10.6. The third-order valence-corrected chi connectivity index (χ3v) is 5.75. The standard InChI is InChI=1S/C24H27N3O3/c25-16-18-6-8-21(9-7-18)27-12-10-20(11-13-27)26-24(28)19-3-1-4-22(15-19)30-17-23-5-2-14-29-23/h1,3-4,6-9,15,20,23H,2,5,10-14,17H2,(H,26,28). The van der Waals surface area contributed by atoms with Gasteiger partial charge < -0.3 is 19.7 Å². The number of carbonyl (C=O) groups is 1. The molecule has 2 aliphatic rings. The summed E-state index contributed by atoms with van der Waals surface area (Å²) in [5, 5.41) is 12.1. The van der Waals surface area contributed by atoms with Crippen LogP contribution in [0.1, 0.15) is 41.6 Å². The van der Waals surface area contributed by atoms with Gasteiger partial charge in [-0.2, -0.15) is 5.26 Å². The van der Waals surface area contributed by atoms with Crippen LogP contribution in [0.4, 0.5) is 5.69 Å². The van der Waals surface area contributed by atoms with E-state index in [4.69, 9.17) is 14.7 Å². The van der Waals surface area contributed by atoms with Crippen molar-refractivity contribution in [2.24, 2.45) is 0 Å². The number of nitriles is 1. The van der Waals surface area contributed by atoms with E-state index in [0.29, 0.717) is 23.5 Å². The summed E-state index contributed by atoms with van der Waals surface area (Å²) in [6.45, 7) is 3.09. The second-order valence-corrected chi connectivity index (χ2v) is 7.87. The van der Waals surface area contributed by atoms with Crippen molar-refractivity contribution in [1.82, 2.24) is 5.32 Å². The van der Waals surface area contributed by atoms with Crippen molar-refractivity contribution < 1.29 is 14.3 Å². The molecule has 1 amide bonds. The number of benzene rings is 2. The molecule has 0 spiro atoms. The second-order valence-electron chi connectivity index (χ2n) is 7.87. The van der Waals surface area contributed by atoms with Gasteiger partial charge >= 0.3 is 0 Å². The van der Waals surface area contributed by atoms with Gasteiger partial charge in [-0.1, -0.05) is 6.07 Å². The largest absolute Gasteiger partial charge is 0.491 e. The number of hydrogen-bond acceptors (Lipinski definition) is 5. The van der Waals surface area contributed by atoms with E-state index in [-0.39, 0.29) is 18.1 Å². The summed E-state index contributed by atoms with van der Waals surface area (Å²) in [7, 11) is 0. The van der Waals surface area contributed by atoms with Crippen LogP contribution in [0.25, 0.3) is 0 Å². The summed E-state index contributed by atoms with van der Waals surface area (Å²) in [4.78, 5) is 15.0. The molecular formula is C24H27N3O3. The molecule has 2 aromatic carbocycles. The van der Waals surface area contributed by atoms with Crippen LogP contribution in [-0.4, -0.2) is 44.4 Å². The highest BCUT2D eigenvalue weighted by molar-refractivity contribution is 5.94. The van der Waals surface area contributed by atoms with Crippen LogP contribution in [0.2, 0.25) is 0 Å². The van der Waals surface area contributed by atoms with E-state index in [1.54, 1.807) is 6.07 Å². The molecule has 1 unspecified atom stereocenters. The molecule has 0 aliphatic carbocycles. The van der Waals surface area contributed by atoms with Gasteiger partial charge in [0, 0.05) is 37.0 Å². The lowest BCUT2D eigenvalue weighted by molar-refractivity contribution is 0.0679. The minimum Gasteiger partial charge on any atom is -0.491 e. The molecule has 1 atom stereocenters. The molecule has 2 fully saturated rings. The zero-order valence-electron chi connectivity index (χ0n) is 17.0. The number of anilines is 1. The van der Waals surface area contributed by atoms with E-state index in [9.17, 15) is 4.79 Å². The van der Waals surface area contributed by atoms with Crippen LogP contribution in [0, 0.1) is 11.3 Å². The summed E-state index contributed by atoms with van der Waals surface area (Å²) in [5.74, 6) is 0.642. The van der Waals surface area contributed by atoms with Crippen molar-refractivity contribution in [1.29, 1.82) is 5.26 Å². The molecule has 0 aromatic heterocycles. The first-order chi connectivity index (χ1) is 14.7. The molecule has 0 saturated carbocycles. The van der Waals surface area contributed by atoms with Gasteiger partial charge in [-0.3, -0.25) is 4.79 Å². The molecule has 156 valence electrons. The lowest BCUT2D eigenvalue weighted by Crippen LogP contribution is -2.44. The zero-order valence-corrected chi connectivity index (χ0v) is 17.0. The minimum atomic E-state index is -0.0608. The maximum atomic E-state index is 12.7. The van der Waals surface area contributed by atoms with Crippen molar-refractivity contribution in [3.05, 3.63) is 59.7 Å². The monoisotopic (exact) mass is 405 g/mol. The molecule has 0 radical (unpaired) electrons. The van der Waals surface area contributed by atoms with E-state index >= 15 is 0 Å². The van der Waals surface area contributed by atoms with E-state index < -0.39 is 0 Å². The van der Waals surface area contributed by atoms with Gasteiger partial charge in [0.25, 0.3) is 5.91 Å². The Hall–Kier alpha value is -3.04. The first-order valence-corrected chi connectivity index (χ1v) is 10.6. The van der Waals surface area contributed by atoms with Crippen LogP contribution < -0.4 is 15.0 Å². The molecule has 6 nitrogen and oxygen atoms in total. The average molecular weight is 405 g/mol. The first kappa shape index (κ1) is 20.2. The van der Waals surface area contributed by atoms with Crippen LogP contribution in [0.5, 0.6) is 5.75 Å². The maximum absolute atomic E-state index is 12.7. The van der Waals surface area contributed by atoms with E-state index in [1.165, 1.54) is 0 Å². The summed E-state index contributed by atoms with van der Waals surface area (Å²) >= 11 is 0. The highest BCUT2D eigenvalue weighted by Gasteiger charge is 2.22. The zero-order chi connectivity index (χ0) is 20.8. The number of hydrogen-bond donors (Lipinski definition) is 1. The fourth-order valence-corrected chi connectivity index (χ4v) is 3.99. The summed E-state index contributed by atoms with van der Waals surface area (Å²) in [6, 6.07) is 17.3. The molecule has 6 heteroatoms. The molecular weight excluding hydrogens is 378 g/mol. The van der Waals surface area contributed by atoms with Gasteiger partial charge in [0.05, 0.1) is 17.7 Å². The Kier molecular flexibility index (Phi) is 6.50. The number of nitrogens with one attached hydrogen (secondary N) is 1. The molecule has 2 aliphatic heterocycles. The molecule has 4 rings (SSSR count). The lowest BCUT2D eigenvalue weighted by atomic mass is 10.0. The van der Waals surface area contributed by atoms with Gasteiger partial charge in [-0.05, 0) is 68.1 Å². The number of amides is 1. The van der Waals surface area contributed by atoms with Gasteiger partial charge in [0.2, 0.25) is 0 Å². The topological polar surface area (TPSA) is 74.6 Å². The van der Waals surface area contributed by atoms with Crippen LogP contribution in [-0.2, 0) is 4.74 Å². The summed E-state index contributed by atoms with van der Waals surface area (Å²) in [6.07, 6.45) is 4.05. The fraction of sp³-hybridized carbons (Fsp3) is 0.417. The summed E-state index contributed by atoms with van der Waals surface area (Å²) < 4.78 is 11.4. The van der Waals surface area contributed by atoms with Crippen LogP contribution in [0.3, 0.4) is 0 Å². The number of ether oxygens (including phenoxy) is 2. The number of rotatable bonds is 6. The fourth-order valence-electron chi connectivity index (χ4n) is 3.99. The SMILES string of the molecule is N#Cc1ccc(N2CCC(NC(=O)c3cccc(OCC4CCCO4)c3)CC2)cc1. The molecule has 30 heavy (non-hydrogen) atoms. The third-order valence-electron chi connectivity index (χ3n) is 5.75. The smallest absolute Gasteiger partial charge is 0.251 e. The average Bonchev–Trinajstić information content (AvgIpc) is 3.32. The highest BCUT2D eigenvalue weighted by Crippen LogP contribution is 2.21.